The maximum Gasteiger partial charge on any atom is 0.229 e. The van der Waals surface area contributed by atoms with Gasteiger partial charge in [-0.15, -0.1) is 0 Å². The van der Waals surface area contributed by atoms with Gasteiger partial charge in [0.05, 0.1) is 48.3 Å². The zero-order valence-electron chi connectivity index (χ0n) is 36.0. The van der Waals surface area contributed by atoms with Crippen LogP contribution in [-0.4, -0.2) is 62.0 Å². The van der Waals surface area contributed by atoms with E-state index in [9.17, 15) is 8.42 Å². The normalized spacial score (nSPS) is 16.3. The third kappa shape index (κ3) is 11.1. The van der Waals surface area contributed by atoms with Gasteiger partial charge in [-0.05, 0) is 178 Å². The molecule has 0 bridgehead atoms. The summed E-state index contributed by atoms with van der Waals surface area (Å²) in [4.78, 5) is 9.04. The maximum absolute atomic E-state index is 12.9. The molecule has 6 N–H and O–H groups in total. The van der Waals surface area contributed by atoms with E-state index in [2.05, 4.69) is 45.1 Å². The minimum Gasteiger partial charge on any atom is -0.489 e. The highest BCUT2D eigenvalue weighted by molar-refractivity contribution is 7.92. The molecule has 2 fully saturated rings. The van der Waals surface area contributed by atoms with E-state index in [1.165, 1.54) is 22.9 Å². The molecule has 1 aromatic heterocycles. The largest absolute Gasteiger partial charge is 0.489 e. The fourth-order valence-corrected chi connectivity index (χ4v) is 8.46. The first-order chi connectivity index (χ1) is 27.2. The first-order valence-corrected chi connectivity index (χ1v) is 21.4. The number of sulfone groups is 1. The second-order valence-electron chi connectivity index (χ2n) is 15.3. The van der Waals surface area contributed by atoms with Crippen LogP contribution < -0.4 is 36.5 Å². The third-order valence-corrected chi connectivity index (χ3v) is 12.5. The van der Waals surface area contributed by atoms with Gasteiger partial charge in [0.25, 0.3) is 0 Å². The van der Waals surface area contributed by atoms with Crippen molar-refractivity contribution in [1.29, 1.82) is 0 Å². The molecule has 56 heavy (non-hydrogen) atoms. The molecule has 11 nitrogen and oxygen atoms in total. The Hall–Kier alpha value is -4.10. The van der Waals surface area contributed by atoms with Crippen LogP contribution in [0.4, 0.5) is 28.8 Å². The molecule has 0 radical (unpaired) electrons. The first kappa shape index (κ1) is 40.1. The van der Waals surface area contributed by atoms with Crippen LogP contribution in [0.15, 0.2) is 59.6 Å². The second-order valence-corrected chi connectivity index (χ2v) is 18.1. The molecule has 0 saturated carbocycles. The number of nitrogens with one attached hydrogen (secondary N) is 4. The van der Waals surface area contributed by atoms with Crippen LogP contribution in [0.2, 0.25) is 5.02 Å². The van der Waals surface area contributed by atoms with Gasteiger partial charge in [-0.3, -0.25) is 0 Å². The van der Waals surface area contributed by atoms with Crippen LogP contribution >= 0.6 is 11.6 Å². The van der Waals surface area contributed by atoms with E-state index in [1.54, 1.807) is 65.8 Å². The van der Waals surface area contributed by atoms with Crippen molar-refractivity contribution in [3.05, 3.63) is 82.0 Å². The number of anilines is 5. The lowest BCUT2D eigenvalue weighted by Gasteiger charge is -2.26. The predicted octanol–water partition coefficient (Wildman–Crippen LogP) is 9.19. The minimum absolute atomic E-state index is 0.168. The van der Waals surface area contributed by atoms with Gasteiger partial charge in [0, 0.05) is 0 Å². The number of aromatic nitrogens is 2. The van der Waals surface area contributed by atoms with E-state index in [4.69, 9.17) is 29.5 Å². The summed E-state index contributed by atoms with van der Waals surface area (Å²) in [6.45, 7) is 18.3. The van der Waals surface area contributed by atoms with Crippen molar-refractivity contribution in [2.24, 2.45) is 0 Å². The predicted molar refractivity (Wildman–Crippen MR) is 230 cm³/mol. The quantitative estimate of drug-likeness (QED) is 0.0872. The van der Waals surface area contributed by atoms with Crippen molar-refractivity contribution in [3.8, 4) is 11.5 Å². The molecule has 2 saturated heterocycles. The van der Waals surface area contributed by atoms with Crippen LogP contribution in [0, 0.1) is 13.8 Å². The summed E-state index contributed by atoms with van der Waals surface area (Å²) >= 11 is 6.41. The van der Waals surface area contributed by atoms with Gasteiger partial charge >= 0.3 is 0 Å². The van der Waals surface area contributed by atoms with Gasteiger partial charge in [-0.2, -0.15) is 4.98 Å². The summed E-state index contributed by atoms with van der Waals surface area (Å²) in [6.07, 6.45) is 3.71. The van der Waals surface area contributed by atoms with Gasteiger partial charge in [-0.25, -0.2) is 13.4 Å². The lowest BCUT2D eigenvalue weighted by Crippen LogP contribution is -2.27. The molecule has 6 rings (SSSR count). The molecule has 0 amide bonds. The van der Waals surface area contributed by atoms with E-state index >= 15 is 0 Å². The van der Waals surface area contributed by atoms with E-state index in [0.29, 0.717) is 40.4 Å². The van der Waals surface area contributed by atoms with Crippen LogP contribution in [0.5, 0.6) is 11.5 Å². The van der Waals surface area contributed by atoms with Crippen molar-refractivity contribution in [3.63, 3.8) is 0 Å². The number of hydrogen-bond donors (Lipinski definition) is 5. The highest BCUT2D eigenvalue weighted by Gasteiger charge is 2.24. The first-order valence-electron chi connectivity index (χ1n) is 20.5. The van der Waals surface area contributed by atoms with Gasteiger partial charge in [-0.1, -0.05) is 23.7 Å². The Morgan fingerprint density at radius 3 is 1.91 bits per heavy atom. The van der Waals surface area contributed by atoms with Crippen molar-refractivity contribution in [2.75, 3.05) is 42.5 Å². The smallest absolute Gasteiger partial charge is 0.229 e. The lowest BCUT2D eigenvalue weighted by atomic mass is 9.87. The summed E-state index contributed by atoms with van der Waals surface area (Å²) in [7, 11) is -3.54. The number of ether oxygens (including phenoxy) is 2. The summed E-state index contributed by atoms with van der Waals surface area (Å²) in [5.74, 6) is 2.66. The Morgan fingerprint density at radius 2 is 1.34 bits per heavy atom. The number of aryl methyl sites for hydroxylation is 2. The summed E-state index contributed by atoms with van der Waals surface area (Å²) < 4.78 is 53.7. The van der Waals surface area contributed by atoms with Crippen LogP contribution in [0.1, 0.15) is 104 Å². The molecule has 0 spiro atoms. The van der Waals surface area contributed by atoms with E-state index in [1.807, 2.05) is 24.3 Å². The standard InChI is InChI=1S/C28H36ClN5O3S.C15H24N2O/c1-17(2)37-25-15-21(20-10-12-30-13-11-20)19(5)14-24(25)33-28-31-16-22(29)27(34-28)32-23-8-6-7-9-26(23)38(35,36)18(3)4;1-10(2)18-15-9-13(11(3)8-14(15)16)12-4-6-17-7-5-12/h6-9,14-18,20,30H,10-13H2,1-5H3,(H2,31,32,33,34);8-10,12,17H,4-7,16H2,1-3H3/i17D;10D. The Balaban J connectivity index is 0.000000281. The van der Waals surface area contributed by atoms with Gasteiger partial charge in [0.2, 0.25) is 5.95 Å². The fourth-order valence-electron chi connectivity index (χ4n) is 7.12. The molecule has 0 unspecified atom stereocenters. The highest BCUT2D eigenvalue weighted by Crippen LogP contribution is 2.38. The topological polar surface area (TPSA) is 153 Å². The highest BCUT2D eigenvalue weighted by atomic mass is 35.5. The van der Waals surface area contributed by atoms with E-state index in [0.717, 1.165) is 57.4 Å². The zero-order chi connectivity index (χ0) is 42.4. The lowest BCUT2D eigenvalue weighted by molar-refractivity contribution is 0.243. The molecule has 13 heteroatoms. The molecule has 304 valence electrons. The van der Waals surface area contributed by atoms with E-state index < -0.39 is 27.2 Å². The number of hydrogen-bond acceptors (Lipinski definition) is 11. The van der Waals surface area contributed by atoms with Crippen LogP contribution in [-0.2, 0) is 9.84 Å². The number of halogens is 1. The maximum atomic E-state index is 12.9. The van der Waals surface area contributed by atoms with Gasteiger partial charge < -0.3 is 36.5 Å². The van der Waals surface area contributed by atoms with Gasteiger partial charge in [0.1, 0.15) is 16.5 Å². The Morgan fingerprint density at radius 1 is 0.804 bits per heavy atom. The molecule has 0 atom stereocenters. The molecule has 3 aromatic carbocycles. The number of para-hydroxylation sites is 1. The number of nitrogens with zero attached hydrogens (tertiary/aromatic N) is 2. The summed E-state index contributed by atoms with van der Waals surface area (Å²) in [5.41, 5.74) is 12.5. The average Bonchev–Trinajstić information content (AvgIpc) is 3.15. The molecule has 3 heterocycles. The zero-order valence-corrected chi connectivity index (χ0v) is 35.5. The molecule has 2 aliphatic rings. The summed E-state index contributed by atoms with van der Waals surface area (Å²) in [6, 6.07) is 14.7. The fraction of sp³-hybridized carbons (Fsp3) is 0.488. The summed E-state index contributed by atoms with van der Waals surface area (Å²) in [5, 5.41) is 12.7. The SMILES string of the molecule is [2H]C(C)(C)Oc1cc(C2CCNCC2)c(C)cc1N.[2H]C(C)(C)Oc1cc(C2CCNCC2)c(C)cc1Nc1ncc(Cl)c(Nc2ccccc2S(=O)(=O)C(C)C)n1. The van der Waals surface area contributed by atoms with Crippen LogP contribution in [0.3, 0.4) is 0 Å². The molecular weight excluding hydrogens is 746 g/mol. The average molecular weight is 809 g/mol. The number of benzene rings is 3. The Labute approximate surface area is 341 Å². The third-order valence-electron chi connectivity index (χ3n) is 10.0. The van der Waals surface area contributed by atoms with Crippen molar-refractivity contribution >= 4 is 50.3 Å². The number of nitrogen functional groups attached to an aromatic ring is 1. The van der Waals surface area contributed by atoms with Crippen molar-refractivity contribution in [2.45, 2.75) is 115 Å². The Kier molecular flexibility index (Phi) is 13.9. The van der Waals surface area contributed by atoms with Gasteiger partial charge in [0.15, 0.2) is 15.7 Å². The minimum atomic E-state index is -3.54. The van der Waals surface area contributed by atoms with Crippen molar-refractivity contribution < 1.29 is 20.6 Å². The number of nitrogens with two attached hydrogens (primary N) is 1. The molecular formula is C43H60ClN7O4S. The second kappa shape index (κ2) is 19.4. The monoisotopic (exact) mass is 807 g/mol. The molecule has 0 aliphatic carbocycles. The Bertz CT molecular complexity index is 2150. The van der Waals surface area contributed by atoms with E-state index in [-0.39, 0.29) is 21.7 Å². The molecule has 4 aromatic rings. The number of rotatable bonds is 12. The van der Waals surface area contributed by atoms with Crippen LogP contribution in [0.25, 0.3) is 0 Å². The molecule has 2 aliphatic heterocycles. The van der Waals surface area contributed by atoms with Crippen molar-refractivity contribution in [1.82, 2.24) is 20.6 Å². The number of piperidine rings is 2.